The standard InChI is InChI=1S/C18H28O3/c1-12(2)16-14(4)18(7,17(5,6)10-15(16)20)21-11-13(3)8-9-19/h8-9,12H,10-11H2,1-7H3/b13-8-. The summed E-state index contributed by atoms with van der Waals surface area (Å²) in [4.78, 5) is 23.0. The van der Waals surface area contributed by atoms with Gasteiger partial charge in [-0.25, -0.2) is 0 Å². The van der Waals surface area contributed by atoms with Crippen molar-refractivity contribution in [2.24, 2.45) is 11.3 Å². The van der Waals surface area contributed by atoms with Gasteiger partial charge in [0.15, 0.2) is 5.78 Å². The van der Waals surface area contributed by atoms with Crippen LogP contribution in [-0.2, 0) is 14.3 Å². The number of Topliss-reactive ketones (excluding diaryl/α,β-unsaturated/α-hetero) is 1. The molecule has 0 fully saturated rings. The second-order valence-electron chi connectivity index (χ2n) is 7.15. The van der Waals surface area contributed by atoms with E-state index in [9.17, 15) is 9.59 Å². The first-order chi connectivity index (χ1) is 9.56. The van der Waals surface area contributed by atoms with Crippen LogP contribution in [0.3, 0.4) is 0 Å². The average molecular weight is 292 g/mol. The van der Waals surface area contributed by atoms with E-state index in [1.54, 1.807) is 0 Å². The van der Waals surface area contributed by atoms with E-state index in [0.29, 0.717) is 13.0 Å². The molecular formula is C18H28O3. The number of aldehydes is 1. The van der Waals surface area contributed by atoms with Crippen molar-refractivity contribution in [3.05, 3.63) is 22.8 Å². The minimum atomic E-state index is -0.501. The molecule has 0 aromatic heterocycles. The molecule has 1 aliphatic carbocycles. The Morgan fingerprint density at radius 2 is 1.90 bits per heavy atom. The van der Waals surface area contributed by atoms with Crippen molar-refractivity contribution in [1.82, 2.24) is 0 Å². The predicted molar refractivity (Wildman–Crippen MR) is 85.1 cm³/mol. The smallest absolute Gasteiger partial charge is 0.159 e. The van der Waals surface area contributed by atoms with Crippen molar-refractivity contribution in [2.75, 3.05) is 6.61 Å². The zero-order valence-electron chi connectivity index (χ0n) is 14.4. The summed E-state index contributed by atoms with van der Waals surface area (Å²) in [5, 5.41) is 0. The molecule has 1 rings (SSSR count). The Morgan fingerprint density at radius 3 is 2.38 bits per heavy atom. The second-order valence-corrected chi connectivity index (χ2v) is 7.15. The molecule has 1 aliphatic rings. The number of hydrogen-bond acceptors (Lipinski definition) is 3. The minimum absolute atomic E-state index is 0.197. The maximum absolute atomic E-state index is 12.4. The number of carbonyl (C=O) groups is 2. The van der Waals surface area contributed by atoms with Gasteiger partial charge >= 0.3 is 0 Å². The molecule has 3 heteroatoms. The number of hydrogen-bond donors (Lipinski definition) is 0. The van der Waals surface area contributed by atoms with Crippen LogP contribution >= 0.6 is 0 Å². The highest BCUT2D eigenvalue weighted by atomic mass is 16.5. The van der Waals surface area contributed by atoms with Gasteiger partial charge < -0.3 is 4.74 Å². The van der Waals surface area contributed by atoms with Gasteiger partial charge in [-0.2, -0.15) is 0 Å². The summed E-state index contributed by atoms with van der Waals surface area (Å²) in [5.41, 5.74) is 2.04. The van der Waals surface area contributed by atoms with Crippen LogP contribution in [0, 0.1) is 11.3 Å². The maximum Gasteiger partial charge on any atom is 0.159 e. The molecule has 118 valence electrons. The summed E-state index contributed by atoms with van der Waals surface area (Å²) in [6, 6.07) is 0. The lowest BCUT2D eigenvalue weighted by Crippen LogP contribution is -2.51. The molecule has 0 aromatic rings. The Balaban J connectivity index is 3.23. The highest BCUT2D eigenvalue weighted by Crippen LogP contribution is 2.49. The normalized spacial score (nSPS) is 26.5. The molecule has 21 heavy (non-hydrogen) atoms. The van der Waals surface area contributed by atoms with Gasteiger partial charge in [0, 0.05) is 11.8 Å². The monoisotopic (exact) mass is 292 g/mol. The molecule has 0 saturated carbocycles. The molecule has 0 radical (unpaired) electrons. The SMILES string of the molecule is CC1=C(C(C)C)C(=O)CC(C)(C)C1(C)OC/C(C)=C\C=O. The summed E-state index contributed by atoms with van der Waals surface area (Å²) in [6.45, 7) is 14.6. The van der Waals surface area contributed by atoms with Gasteiger partial charge in [-0.3, -0.25) is 9.59 Å². The average Bonchev–Trinajstić information content (AvgIpc) is 2.33. The molecule has 0 heterocycles. The summed E-state index contributed by atoms with van der Waals surface area (Å²) in [6.07, 6.45) is 2.79. The van der Waals surface area contributed by atoms with Crippen LogP contribution in [0.2, 0.25) is 0 Å². The lowest BCUT2D eigenvalue weighted by molar-refractivity contribution is -0.130. The number of ether oxygens (including phenoxy) is 1. The third kappa shape index (κ3) is 3.34. The number of carbonyl (C=O) groups excluding carboxylic acids is 2. The fourth-order valence-corrected chi connectivity index (χ4v) is 3.12. The Morgan fingerprint density at radius 1 is 1.33 bits per heavy atom. The molecular weight excluding hydrogens is 264 g/mol. The number of ketones is 1. The van der Waals surface area contributed by atoms with Crippen LogP contribution in [0.5, 0.6) is 0 Å². The van der Waals surface area contributed by atoms with Gasteiger partial charge in [-0.1, -0.05) is 27.7 Å². The van der Waals surface area contributed by atoms with Gasteiger partial charge in [0.05, 0.1) is 12.2 Å². The van der Waals surface area contributed by atoms with Gasteiger partial charge in [0.25, 0.3) is 0 Å². The van der Waals surface area contributed by atoms with Crippen LogP contribution in [0.1, 0.15) is 54.9 Å². The zero-order valence-corrected chi connectivity index (χ0v) is 14.4. The van der Waals surface area contributed by atoms with E-state index in [2.05, 4.69) is 20.8 Å². The third-order valence-corrected chi connectivity index (χ3v) is 4.83. The highest BCUT2D eigenvalue weighted by Gasteiger charge is 2.50. The quantitative estimate of drug-likeness (QED) is 0.570. The molecule has 0 amide bonds. The fourth-order valence-electron chi connectivity index (χ4n) is 3.12. The van der Waals surface area contributed by atoms with E-state index in [-0.39, 0.29) is 17.1 Å². The molecule has 0 saturated heterocycles. The largest absolute Gasteiger partial charge is 0.366 e. The topological polar surface area (TPSA) is 43.4 Å². The van der Waals surface area contributed by atoms with E-state index >= 15 is 0 Å². The van der Waals surface area contributed by atoms with Crippen LogP contribution < -0.4 is 0 Å². The van der Waals surface area contributed by atoms with E-state index < -0.39 is 5.60 Å². The maximum atomic E-state index is 12.4. The Labute approximate surface area is 128 Å². The molecule has 1 atom stereocenters. The van der Waals surface area contributed by atoms with Crippen LogP contribution in [0.25, 0.3) is 0 Å². The first-order valence-corrected chi connectivity index (χ1v) is 7.56. The van der Waals surface area contributed by atoms with Gasteiger partial charge in [-0.05, 0) is 49.5 Å². The Kier molecular flexibility index (Phi) is 5.32. The predicted octanol–water partition coefficient (Wildman–Crippen LogP) is 3.88. The second kappa shape index (κ2) is 6.27. The van der Waals surface area contributed by atoms with Crippen LogP contribution in [0.15, 0.2) is 22.8 Å². The van der Waals surface area contributed by atoms with E-state index in [1.807, 2.05) is 27.7 Å². The van der Waals surface area contributed by atoms with Crippen LogP contribution in [-0.4, -0.2) is 24.3 Å². The fraction of sp³-hybridized carbons (Fsp3) is 0.667. The molecule has 0 N–H and O–H groups in total. The first kappa shape index (κ1) is 17.8. The molecule has 0 spiro atoms. The third-order valence-electron chi connectivity index (χ3n) is 4.83. The van der Waals surface area contributed by atoms with Crippen LogP contribution in [0.4, 0.5) is 0 Å². The molecule has 3 nitrogen and oxygen atoms in total. The van der Waals surface area contributed by atoms with E-state index in [1.165, 1.54) is 6.08 Å². The van der Waals surface area contributed by atoms with Crippen molar-refractivity contribution in [1.29, 1.82) is 0 Å². The molecule has 1 unspecified atom stereocenters. The highest BCUT2D eigenvalue weighted by molar-refractivity contribution is 5.98. The van der Waals surface area contributed by atoms with Gasteiger partial charge in [0.1, 0.15) is 6.29 Å². The number of allylic oxidation sites excluding steroid dienone is 2. The minimum Gasteiger partial charge on any atom is -0.366 e. The first-order valence-electron chi connectivity index (χ1n) is 7.56. The van der Waals surface area contributed by atoms with Crippen molar-refractivity contribution in [3.8, 4) is 0 Å². The summed E-state index contributed by atoms with van der Waals surface area (Å²) in [7, 11) is 0. The van der Waals surface area contributed by atoms with Crippen molar-refractivity contribution >= 4 is 12.1 Å². The van der Waals surface area contributed by atoms with E-state index in [0.717, 1.165) is 23.0 Å². The summed E-state index contributed by atoms with van der Waals surface area (Å²) < 4.78 is 6.20. The Hall–Kier alpha value is -1.22. The molecule has 0 aliphatic heterocycles. The Bertz CT molecular complexity index is 495. The lowest BCUT2D eigenvalue weighted by Gasteiger charge is -2.49. The van der Waals surface area contributed by atoms with Gasteiger partial charge in [0.2, 0.25) is 0 Å². The number of rotatable bonds is 5. The molecule has 0 bridgehead atoms. The zero-order chi connectivity index (χ0) is 16.4. The molecule has 0 aromatic carbocycles. The van der Waals surface area contributed by atoms with Crippen molar-refractivity contribution < 1.29 is 14.3 Å². The summed E-state index contributed by atoms with van der Waals surface area (Å²) in [5.74, 6) is 0.428. The van der Waals surface area contributed by atoms with Crippen molar-refractivity contribution in [2.45, 2.75) is 60.5 Å². The summed E-state index contributed by atoms with van der Waals surface area (Å²) >= 11 is 0. The lowest BCUT2D eigenvalue weighted by atomic mass is 9.62. The van der Waals surface area contributed by atoms with Crippen molar-refractivity contribution in [3.63, 3.8) is 0 Å². The van der Waals surface area contributed by atoms with E-state index in [4.69, 9.17) is 4.74 Å². The van der Waals surface area contributed by atoms with Gasteiger partial charge in [-0.15, -0.1) is 0 Å².